The van der Waals surface area contributed by atoms with Gasteiger partial charge in [-0.25, -0.2) is 0 Å². The van der Waals surface area contributed by atoms with E-state index in [1.165, 1.54) is 0 Å². The standard InChI is InChI=1S/C16H29O4/c1-4-6-8-10-12-19-15(17)14(3)16(18)20-13-11-9-7-5-2/h14H,3-13H2,1-2H3. The number of carbonyl (C=O) groups excluding carboxylic acids is 2. The van der Waals surface area contributed by atoms with Gasteiger partial charge < -0.3 is 9.47 Å². The van der Waals surface area contributed by atoms with Crippen LogP contribution in [0.25, 0.3) is 0 Å². The van der Waals surface area contributed by atoms with Crippen LogP contribution in [0.15, 0.2) is 0 Å². The molecule has 117 valence electrons. The third-order valence-corrected chi connectivity index (χ3v) is 3.05. The fraction of sp³-hybridized carbons (Fsp3) is 0.812. The van der Waals surface area contributed by atoms with Crippen molar-refractivity contribution in [3.63, 3.8) is 0 Å². The third kappa shape index (κ3) is 9.82. The van der Waals surface area contributed by atoms with Crippen LogP contribution in [0.4, 0.5) is 0 Å². The molecule has 0 saturated carbocycles. The number of hydrogen-bond acceptors (Lipinski definition) is 4. The molecule has 0 rings (SSSR count). The molecular weight excluding hydrogens is 256 g/mol. The Morgan fingerprint density at radius 2 is 1.20 bits per heavy atom. The lowest BCUT2D eigenvalue weighted by Gasteiger charge is -2.11. The molecule has 0 saturated heterocycles. The van der Waals surface area contributed by atoms with Crippen LogP contribution in [0, 0.1) is 12.8 Å². The first-order valence-electron chi connectivity index (χ1n) is 7.79. The minimum Gasteiger partial charge on any atom is -0.465 e. The van der Waals surface area contributed by atoms with E-state index in [1.54, 1.807) is 0 Å². The molecule has 0 spiro atoms. The Kier molecular flexibility index (Phi) is 12.3. The zero-order chi connectivity index (χ0) is 15.2. The van der Waals surface area contributed by atoms with Crippen molar-refractivity contribution in [2.75, 3.05) is 13.2 Å². The van der Waals surface area contributed by atoms with Crippen molar-refractivity contribution in [3.8, 4) is 0 Å². The molecule has 4 nitrogen and oxygen atoms in total. The van der Waals surface area contributed by atoms with Gasteiger partial charge in [0.05, 0.1) is 13.2 Å². The molecule has 0 heterocycles. The number of hydrogen-bond donors (Lipinski definition) is 0. The zero-order valence-corrected chi connectivity index (χ0v) is 13.0. The topological polar surface area (TPSA) is 52.6 Å². The molecule has 0 amide bonds. The van der Waals surface area contributed by atoms with E-state index in [4.69, 9.17) is 9.47 Å². The average molecular weight is 285 g/mol. The van der Waals surface area contributed by atoms with E-state index >= 15 is 0 Å². The van der Waals surface area contributed by atoms with E-state index < -0.39 is 17.9 Å². The Labute approximate surface area is 123 Å². The quantitative estimate of drug-likeness (QED) is 0.312. The predicted molar refractivity (Wildman–Crippen MR) is 79.0 cm³/mol. The molecule has 0 aromatic heterocycles. The Bertz CT molecular complexity index is 237. The summed E-state index contributed by atoms with van der Waals surface area (Å²) in [5, 5.41) is 0. The highest BCUT2D eigenvalue weighted by molar-refractivity contribution is 5.95. The summed E-state index contributed by atoms with van der Waals surface area (Å²) in [5.74, 6) is -2.23. The number of ether oxygens (including phenoxy) is 2. The molecule has 20 heavy (non-hydrogen) atoms. The van der Waals surface area contributed by atoms with Crippen molar-refractivity contribution in [1.82, 2.24) is 0 Å². The maximum Gasteiger partial charge on any atom is 0.320 e. The molecule has 1 radical (unpaired) electrons. The van der Waals surface area contributed by atoms with Crippen LogP contribution in [0.2, 0.25) is 0 Å². The van der Waals surface area contributed by atoms with Crippen molar-refractivity contribution >= 4 is 11.9 Å². The molecule has 0 aliphatic rings. The van der Waals surface area contributed by atoms with Gasteiger partial charge in [-0.2, -0.15) is 0 Å². The Balaban J connectivity index is 3.67. The van der Waals surface area contributed by atoms with E-state index in [0.717, 1.165) is 51.4 Å². The summed E-state index contributed by atoms with van der Waals surface area (Å²) < 4.78 is 10.0. The number of esters is 2. The Morgan fingerprint density at radius 3 is 1.55 bits per heavy atom. The summed E-state index contributed by atoms with van der Waals surface area (Å²) >= 11 is 0. The van der Waals surface area contributed by atoms with E-state index in [0.29, 0.717) is 13.2 Å². The molecular formula is C16H29O4. The number of unbranched alkanes of at least 4 members (excludes halogenated alkanes) is 6. The second-order valence-electron chi connectivity index (χ2n) is 5.01. The van der Waals surface area contributed by atoms with Crippen LogP contribution in [0.3, 0.4) is 0 Å². The minimum absolute atomic E-state index is 0.356. The van der Waals surface area contributed by atoms with Crippen LogP contribution in [0.5, 0.6) is 0 Å². The smallest absolute Gasteiger partial charge is 0.320 e. The lowest BCUT2D eigenvalue weighted by atomic mass is 10.2. The highest BCUT2D eigenvalue weighted by Gasteiger charge is 2.24. The van der Waals surface area contributed by atoms with E-state index in [1.807, 2.05) is 0 Å². The maximum atomic E-state index is 11.6. The van der Waals surface area contributed by atoms with Gasteiger partial charge in [-0.1, -0.05) is 52.4 Å². The summed E-state index contributed by atoms with van der Waals surface area (Å²) in [6.07, 6.45) is 8.26. The van der Waals surface area contributed by atoms with Crippen LogP contribution in [-0.4, -0.2) is 25.2 Å². The van der Waals surface area contributed by atoms with Crippen LogP contribution < -0.4 is 0 Å². The fourth-order valence-electron chi connectivity index (χ4n) is 1.70. The highest BCUT2D eigenvalue weighted by atomic mass is 16.6. The fourth-order valence-corrected chi connectivity index (χ4v) is 1.70. The first kappa shape index (κ1) is 18.9. The summed E-state index contributed by atoms with van der Waals surface area (Å²) in [4.78, 5) is 23.1. The largest absolute Gasteiger partial charge is 0.465 e. The molecule has 0 aliphatic heterocycles. The lowest BCUT2D eigenvalue weighted by molar-refractivity contribution is -0.159. The third-order valence-electron chi connectivity index (χ3n) is 3.05. The molecule has 0 aromatic carbocycles. The molecule has 0 aromatic rings. The van der Waals surface area contributed by atoms with Crippen LogP contribution >= 0.6 is 0 Å². The van der Waals surface area contributed by atoms with Crippen molar-refractivity contribution in [2.24, 2.45) is 5.92 Å². The van der Waals surface area contributed by atoms with Crippen LogP contribution in [0.1, 0.15) is 65.2 Å². The number of carbonyl (C=O) groups is 2. The van der Waals surface area contributed by atoms with Crippen molar-refractivity contribution in [1.29, 1.82) is 0 Å². The molecule has 0 bridgehead atoms. The second-order valence-corrected chi connectivity index (χ2v) is 5.01. The SMILES string of the molecule is [CH2]C(C(=O)OCCCCCC)C(=O)OCCCCCC. The van der Waals surface area contributed by atoms with Gasteiger partial charge in [0.15, 0.2) is 5.92 Å². The first-order chi connectivity index (χ1) is 9.63. The Morgan fingerprint density at radius 1 is 0.800 bits per heavy atom. The van der Waals surface area contributed by atoms with Crippen molar-refractivity contribution in [3.05, 3.63) is 6.92 Å². The molecule has 0 unspecified atom stereocenters. The van der Waals surface area contributed by atoms with Gasteiger partial charge in [0.1, 0.15) is 0 Å². The predicted octanol–water partition coefficient (Wildman–Crippen LogP) is 3.68. The van der Waals surface area contributed by atoms with Gasteiger partial charge in [0, 0.05) is 0 Å². The average Bonchev–Trinajstić information content (AvgIpc) is 2.45. The van der Waals surface area contributed by atoms with E-state index in [9.17, 15) is 9.59 Å². The molecule has 0 atom stereocenters. The highest BCUT2D eigenvalue weighted by Crippen LogP contribution is 2.06. The summed E-state index contributed by atoms with van der Waals surface area (Å²) in [6.45, 7) is 8.47. The van der Waals surface area contributed by atoms with E-state index in [-0.39, 0.29) is 0 Å². The van der Waals surface area contributed by atoms with E-state index in [2.05, 4.69) is 20.8 Å². The van der Waals surface area contributed by atoms with Crippen LogP contribution in [-0.2, 0) is 19.1 Å². The first-order valence-corrected chi connectivity index (χ1v) is 7.79. The zero-order valence-electron chi connectivity index (χ0n) is 13.0. The molecule has 0 aliphatic carbocycles. The maximum absolute atomic E-state index is 11.6. The van der Waals surface area contributed by atoms with Crippen molar-refractivity contribution < 1.29 is 19.1 Å². The van der Waals surface area contributed by atoms with Gasteiger partial charge in [0.25, 0.3) is 0 Å². The van der Waals surface area contributed by atoms with Gasteiger partial charge in [0.2, 0.25) is 0 Å². The lowest BCUT2D eigenvalue weighted by Crippen LogP contribution is -2.26. The molecule has 4 heteroatoms. The summed E-state index contributed by atoms with van der Waals surface area (Å²) in [7, 11) is 0. The number of rotatable bonds is 12. The van der Waals surface area contributed by atoms with Crippen molar-refractivity contribution in [2.45, 2.75) is 65.2 Å². The molecule has 0 N–H and O–H groups in total. The normalized spacial score (nSPS) is 10.6. The second kappa shape index (κ2) is 12.9. The van der Waals surface area contributed by atoms with Gasteiger partial charge >= 0.3 is 11.9 Å². The summed E-state index contributed by atoms with van der Waals surface area (Å²) in [6, 6.07) is 0. The monoisotopic (exact) mass is 285 g/mol. The molecule has 0 fully saturated rings. The van der Waals surface area contributed by atoms with Gasteiger partial charge in [-0.15, -0.1) is 0 Å². The Hall–Kier alpha value is -1.06. The summed E-state index contributed by atoms with van der Waals surface area (Å²) in [5.41, 5.74) is 0. The van der Waals surface area contributed by atoms with Gasteiger partial charge in [-0.05, 0) is 19.8 Å². The minimum atomic E-state index is -1.06. The van der Waals surface area contributed by atoms with Gasteiger partial charge in [-0.3, -0.25) is 9.59 Å².